The van der Waals surface area contributed by atoms with Gasteiger partial charge in [0, 0.05) is 9.75 Å². The number of fused-ring (bicyclic) bond motifs is 1. The van der Waals surface area contributed by atoms with Gasteiger partial charge in [-0.3, -0.25) is 9.36 Å². The smallest absolute Gasteiger partial charge is 0.338 e. The first-order valence-electron chi connectivity index (χ1n) is 7.78. The predicted molar refractivity (Wildman–Crippen MR) is 104 cm³/mol. The average Bonchev–Trinajstić information content (AvgIpc) is 3.37. The number of aromatic nitrogens is 1. The Morgan fingerprint density at radius 1 is 1.27 bits per heavy atom. The van der Waals surface area contributed by atoms with Crippen LogP contribution in [0.5, 0.6) is 0 Å². The molecule has 4 heterocycles. The number of methoxy groups -OCH3 is 1. The van der Waals surface area contributed by atoms with Crippen LogP contribution >= 0.6 is 34.0 Å². The minimum atomic E-state index is -0.510. The van der Waals surface area contributed by atoms with Crippen LogP contribution in [0.2, 0.25) is 0 Å². The summed E-state index contributed by atoms with van der Waals surface area (Å²) in [5.74, 6) is -0.461. The van der Waals surface area contributed by atoms with E-state index in [1.165, 1.54) is 29.8 Å². The van der Waals surface area contributed by atoms with E-state index in [4.69, 9.17) is 4.74 Å². The molecule has 0 amide bonds. The van der Waals surface area contributed by atoms with Gasteiger partial charge in [0.15, 0.2) is 4.80 Å². The first-order chi connectivity index (χ1) is 12.6. The van der Waals surface area contributed by atoms with E-state index in [-0.39, 0.29) is 5.56 Å². The summed E-state index contributed by atoms with van der Waals surface area (Å²) < 4.78 is 7.17. The molecule has 4 rings (SSSR count). The summed E-state index contributed by atoms with van der Waals surface area (Å²) in [5.41, 5.74) is 0.846. The Kier molecular flexibility index (Phi) is 4.47. The van der Waals surface area contributed by atoms with E-state index >= 15 is 0 Å². The standard InChI is InChI=1S/C18H14N2O3S3/c1-10-14(17(22)23-2)15(12-6-4-8-25-12)20-16(21)13(26-18(20)19-10)9-11-5-3-7-24-11/h3-9,15H,1-2H3/t15-/m0/s1. The van der Waals surface area contributed by atoms with Crippen LogP contribution in [0, 0.1) is 0 Å². The van der Waals surface area contributed by atoms with Crippen LogP contribution in [0.15, 0.2) is 56.1 Å². The van der Waals surface area contributed by atoms with Crippen molar-refractivity contribution in [1.29, 1.82) is 0 Å². The van der Waals surface area contributed by atoms with Crippen LogP contribution in [0.4, 0.5) is 0 Å². The molecule has 8 heteroatoms. The Balaban J connectivity index is 2.00. The lowest BCUT2D eigenvalue weighted by Crippen LogP contribution is -2.39. The molecular weight excluding hydrogens is 388 g/mol. The lowest BCUT2D eigenvalue weighted by atomic mass is 10.0. The third-order valence-corrected chi connectivity index (χ3v) is 6.78. The van der Waals surface area contributed by atoms with E-state index in [0.29, 0.717) is 20.6 Å². The molecule has 26 heavy (non-hydrogen) atoms. The first kappa shape index (κ1) is 17.1. The van der Waals surface area contributed by atoms with Gasteiger partial charge in [0.25, 0.3) is 5.56 Å². The number of hydrogen-bond acceptors (Lipinski definition) is 7. The second-order valence-electron chi connectivity index (χ2n) is 5.60. The van der Waals surface area contributed by atoms with E-state index in [0.717, 1.165) is 9.75 Å². The molecule has 3 aromatic rings. The van der Waals surface area contributed by atoms with Gasteiger partial charge in [-0.15, -0.1) is 22.7 Å². The Hall–Kier alpha value is -2.29. The fraction of sp³-hybridized carbons (Fsp3) is 0.167. The molecule has 0 spiro atoms. The number of esters is 1. The van der Waals surface area contributed by atoms with Crippen molar-refractivity contribution in [3.63, 3.8) is 0 Å². The van der Waals surface area contributed by atoms with Gasteiger partial charge in [-0.05, 0) is 35.9 Å². The molecular formula is C18H14N2O3S3. The summed E-state index contributed by atoms with van der Waals surface area (Å²) in [4.78, 5) is 32.6. The second-order valence-corrected chi connectivity index (χ2v) is 8.57. The molecule has 5 nitrogen and oxygen atoms in total. The number of hydrogen-bond donors (Lipinski definition) is 0. The molecule has 3 aromatic heterocycles. The normalized spacial score (nSPS) is 17.2. The molecule has 0 fully saturated rings. The van der Waals surface area contributed by atoms with Crippen LogP contribution in [0.25, 0.3) is 6.08 Å². The third kappa shape index (κ3) is 2.80. The number of allylic oxidation sites excluding steroid dienone is 1. The lowest BCUT2D eigenvalue weighted by Gasteiger charge is -2.22. The van der Waals surface area contributed by atoms with E-state index in [1.807, 2.05) is 41.1 Å². The molecule has 0 aromatic carbocycles. The lowest BCUT2D eigenvalue weighted by molar-refractivity contribution is -0.136. The second kappa shape index (κ2) is 6.79. The van der Waals surface area contributed by atoms with E-state index in [2.05, 4.69) is 4.99 Å². The van der Waals surface area contributed by atoms with E-state index < -0.39 is 12.0 Å². The SMILES string of the molecule is COC(=O)C1=C(C)N=c2sc(=Cc3cccs3)c(=O)n2[C@H]1c1cccs1. The highest BCUT2D eigenvalue weighted by Crippen LogP contribution is 2.32. The van der Waals surface area contributed by atoms with Gasteiger partial charge in [-0.2, -0.15) is 0 Å². The molecule has 0 N–H and O–H groups in total. The van der Waals surface area contributed by atoms with E-state index in [1.54, 1.807) is 22.8 Å². The van der Waals surface area contributed by atoms with E-state index in [9.17, 15) is 9.59 Å². The summed E-state index contributed by atoms with van der Waals surface area (Å²) in [7, 11) is 1.34. The largest absolute Gasteiger partial charge is 0.466 e. The molecule has 0 aliphatic carbocycles. The van der Waals surface area contributed by atoms with Crippen molar-refractivity contribution in [2.75, 3.05) is 7.11 Å². The third-order valence-electron chi connectivity index (χ3n) is 4.06. The van der Waals surface area contributed by atoms with Crippen LogP contribution in [-0.2, 0) is 9.53 Å². The highest BCUT2D eigenvalue weighted by atomic mass is 32.1. The maximum atomic E-state index is 13.1. The monoisotopic (exact) mass is 402 g/mol. The fourth-order valence-electron chi connectivity index (χ4n) is 2.91. The molecule has 0 unspecified atom stereocenters. The quantitative estimate of drug-likeness (QED) is 0.633. The van der Waals surface area contributed by atoms with Gasteiger partial charge < -0.3 is 4.74 Å². The van der Waals surface area contributed by atoms with Crippen molar-refractivity contribution in [1.82, 2.24) is 4.57 Å². The number of nitrogens with zero attached hydrogens (tertiary/aromatic N) is 2. The van der Waals surface area contributed by atoms with Crippen molar-refractivity contribution in [3.05, 3.63) is 75.7 Å². The predicted octanol–water partition coefficient (Wildman–Crippen LogP) is 2.53. The molecule has 132 valence electrons. The highest BCUT2D eigenvalue weighted by molar-refractivity contribution is 7.11. The Morgan fingerprint density at radius 2 is 2.04 bits per heavy atom. The summed E-state index contributed by atoms with van der Waals surface area (Å²) in [6, 6.07) is 7.23. The highest BCUT2D eigenvalue weighted by Gasteiger charge is 2.33. The molecule has 1 aliphatic heterocycles. The number of ether oxygens (including phenoxy) is 1. The van der Waals surface area contributed by atoms with Crippen molar-refractivity contribution in [2.45, 2.75) is 13.0 Å². The summed E-state index contributed by atoms with van der Waals surface area (Å²) in [6.45, 7) is 1.78. The van der Waals surface area contributed by atoms with Crippen LogP contribution in [0.1, 0.15) is 22.7 Å². The molecule has 1 aliphatic rings. The van der Waals surface area contributed by atoms with Gasteiger partial charge in [-0.25, -0.2) is 9.79 Å². The van der Waals surface area contributed by atoms with Crippen molar-refractivity contribution in [3.8, 4) is 0 Å². The molecule has 0 bridgehead atoms. The number of thiophene rings is 2. The average molecular weight is 403 g/mol. The molecule has 0 saturated heterocycles. The number of carbonyl (C=O) groups is 1. The molecule has 0 radical (unpaired) electrons. The zero-order valence-electron chi connectivity index (χ0n) is 14.0. The number of carbonyl (C=O) groups excluding carboxylic acids is 1. The van der Waals surface area contributed by atoms with Gasteiger partial charge >= 0.3 is 5.97 Å². The first-order valence-corrected chi connectivity index (χ1v) is 10.4. The Morgan fingerprint density at radius 3 is 2.69 bits per heavy atom. The van der Waals surface area contributed by atoms with Crippen LogP contribution in [-0.4, -0.2) is 17.6 Å². The summed E-state index contributed by atoms with van der Waals surface area (Å²) in [6.07, 6.45) is 1.87. The van der Waals surface area contributed by atoms with Gasteiger partial charge in [0.2, 0.25) is 0 Å². The fourth-order valence-corrected chi connectivity index (χ4v) is 5.50. The summed E-state index contributed by atoms with van der Waals surface area (Å²) in [5, 5.41) is 3.90. The van der Waals surface area contributed by atoms with Crippen LogP contribution < -0.4 is 14.9 Å². The number of thiazole rings is 1. The number of rotatable bonds is 3. The molecule has 0 saturated carbocycles. The van der Waals surface area contributed by atoms with Gasteiger partial charge in [-0.1, -0.05) is 23.5 Å². The zero-order valence-corrected chi connectivity index (χ0v) is 16.4. The van der Waals surface area contributed by atoms with Crippen molar-refractivity contribution >= 4 is 46.1 Å². The van der Waals surface area contributed by atoms with Crippen molar-refractivity contribution in [2.24, 2.45) is 4.99 Å². The maximum Gasteiger partial charge on any atom is 0.338 e. The van der Waals surface area contributed by atoms with Gasteiger partial charge in [0.1, 0.15) is 6.04 Å². The topological polar surface area (TPSA) is 60.7 Å². The zero-order chi connectivity index (χ0) is 18.3. The van der Waals surface area contributed by atoms with Gasteiger partial charge in [0.05, 0.1) is 22.9 Å². The Labute approximate surface area is 160 Å². The minimum Gasteiger partial charge on any atom is -0.466 e. The van der Waals surface area contributed by atoms with Crippen molar-refractivity contribution < 1.29 is 9.53 Å². The molecule has 1 atom stereocenters. The van der Waals surface area contributed by atoms with Crippen LogP contribution in [0.3, 0.4) is 0 Å². The minimum absolute atomic E-state index is 0.144. The Bertz CT molecular complexity index is 1170. The maximum absolute atomic E-state index is 13.1. The summed E-state index contributed by atoms with van der Waals surface area (Å²) >= 11 is 4.41.